The first-order valence-corrected chi connectivity index (χ1v) is 8.58. The molecule has 0 fully saturated rings. The van der Waals surface area contributed by atoms with Crippen LogP contribution in [0.5, 0.6) is 0 Å². The highest BCUT2D eigenvalue weighted by Crippen LogP contribution is 2.42. The second kappa shape index (κ2) is 5.70. The van der Waals surface area contributed by atoms with Crippen molar-refractivity contribution in [1.29, 1.82) is 0 Å². The van der Waals surface area contributed by atoms with Crippen molar-refractivity contribution >= 4 is 16.8 Å². The summed E-state index contributed by atoms with van der Waals surface area (Å²) >= 11 is 0. The highest BCUT2D eigenvalue weighted by atomic mass is 14.3. The molecule has 0 heterocycles. The van der Waals surface area contributed by atoms with Crippen LogP contribution in [0, 0.1) is 0 Å². The van der Waals surface area contributed by atoms with E-state index in [4.69, 9.17) is 0 Å². The van der Waals surface area contributed by atoms with Gasteiger partial charge in [-0.15, -0.1) is 0 Å². The normalized spacial score (nSPS) is 17.4. The Labute approximate surface area is 138 Å². The maximum absolute atomic E-state index is 2.37. The molecular weight excluding hydrogens is 276 g/mol. The van der Waals surface area contributed by atoms with Crippen molar-refractivity contribution in [3.05, 3.63) is 89.0 Å². The molecule has 4 rings (SSSR count). The van der Waals surface area contributed by atoms with Gasteiger partial charge in [-0.05, 0) is 45.4 Å². The van der Waals surface area contributed by atoms with E-state index >= 15 is 0 Å². The number of hydrogen-bond donors (Lipinski definition) is 0. The quantitative estimate of drug-likeness (QED) is 0.517. The molecule has 0 aromatic heterocycles. The third-order valence-electron chi connectivity index (χ3n) is 5.26. The maximum Gasteiger partial charge on any atom is 0.0287 e. The van der Waals surface area contributed by atoms with E-state index in [0.29, 0.717) is 11.8 Å². The molecule has 0 aliphatic heterocycles. The van der Waals surface area contributed by atoms with Crippen molar-refractivity contribution in [2.45, 2.75) is 32.1 Å². The van der Waals surface area contributed by atoms with E-state index in [1.165, 1.54) is 39.4 Å². The van der Waals surface area contributed by atoms with Crippen LogP contribution in [0.15, 0.2) is 66.7 Å². The van der Waals surface area contributed by atoms with Gasteiger partial charge in [-0.25, -0.2) is 0 Å². The van der Waals surface area contributed by atoms with Gasteiger partial charge in [0, 0.05) is 5.92 Å². The number of allylic oxidation sites excluding steroid dienone is 1. The van der Waals surface area contributed by atoms with Crippen molar-refractivity contribution in [2.75, 3.05) is 0 Å². The largest absolute Gasteiger partial charge is 0.0720 e. The van der Waals surface area contributed by atoms with E-state index in [1.54, 1.807) is 0 Å². The molecule has 0 spiro atoms. The van der Waals surface area contributed by atoms with E-state index in [-0.39, 0.29) is 0 Å². The number of benzene rings is 3. The molecule has 0 saturated heterocycles. The van der Waals surface area contributed by atoms with Gasteiger partial charge in [0.15, 0.2) is 0 Å². The summed E-state index contributed by atoms with van der Waals surface area (Å²) < 4.78 is 0. The molecular formula is C23H22. The van der Waals surface area contributed by atoms with E-state index in [9.17, 15) is 0 Å². The average Bonchev–Trinajstić information content (AvgIpc) is 3.04. The van der Waals surface area contributed by atoms with E-state index in [2.05, 4.69) is 86.7 Å². The highest BCUT2D eigenvalue weighted by molar-refractivity contribution is 5.89. The van der Waals surface area contributed by atoms with Crippen LogP contribution in [-0.2, 0) is 0 Å². The summed E-state index contributed by atoms with van der Waals surface area (Å²) in [4.78, 5) is 0. The second-order valence-corrected chi connectivity index (χ2v) is 6.56. The zero-order valence-corrected chi connectivity index (χ0v) is 13.8. The summed E-state index contributed by atoms with van der Waals surface area (Å²) in [6.07, 6.45) is 5.82. The molecule has 1 aliphatic rings. The molecule has 0 bridgehead atoms. The van der Waals surface area contributed by atoms with Gasteiger partial charge in [0.2, 0.25) is 0 Å². The zero-order chi connectivity index (χ0) is 15.8. The van der Waals surface area contributed by atoms with E-state index in [0.717, 1.165) is 0 Å². The first-order valence-electron chi connectivity index (χ1n) is 8.58. The molecule has 2 atom stereocenters. The lowest BCUT2D eigenvalue weighted by Gasteiger charge is -2.22. The Balaban J connectivity index is 2.00. The molecule has 3 aromatic carbocycles. The standard InChI is InChI=1S/C23H22/c1-3-16(2)19-14-12-18-9-5-7-11-21(18)23(19)22-15-13-17-8-4-6-10-20(17)22/h4-16,22H,3H2,1-2H3. The molecule has 0 saturated carbocycles. The van der Waals surface area contributed by atoms with Crippen LogP contribution in [-0.4, -0.2) is 0 Å². The number of fused-ring (bicyclic) bond motifs is 2. The van der Waals surface area contributed by atoms with Gasteiger partial charge >= 0.3 is 0 Å². The van der Waals surface area contributed by atoms with Crippen LogP contribution in [0.3, 0.4) is 0 Å². The van der Waals surface area contributed by atoms with Crippen molar-refractivity contribution in [1.82, 2.24) is 0 Å². The van der Waals surface area contributed by atoms with Crippen LogP contribution >= 0.6 is 0 Å². The third-order valence-corrected chi connectivity index (χ3v) is 5.26. The van der Waals surface area contributed by atoms with Crippen molar-refractivity contribution in [3.63, 3.8) is 0 Å². The lowest BCUT2D eigenvalue weighted by atomic mass is 9.81. The minimum absolute atomic E-state index is 0.376. The minimum atomic E-state index is 0.376. The Morgan fingerprint density at radius 2 is 1.70 bits per heavy atom. The molecule has 0 nitrogen and oxygen atoms in total. The van der Waals surface area contributed by atoms with Crippen LogP contribution in [0.25, 0.3) is 16.8 Å². The SMILES string of the molecule is CCC(C)c1ccc2ccccc2c1C1C=Cc2ccccc21. The second-order valence-electron chi connectivity index (χ2n) is 6.56. The molecule has 3 aromatic rings. The lowest BCUT2D eigenvalue weighted by Crippen LogP contribution is -2.05. The number of rotatable bonds is 3. The molecule has 0 N–H and O–H groups in total. The van der Waals surface area contributed by atoms with Gasteiger partial charge < -0.3 is 0 Å². The van der Waals surface area contributed by atoms with Gasteiger partial charge in [-0.1, -0.05) is 86.7 Å². The molecule has 114 valence electrons. The maximum atomic E-state index is 2.37. The Kier molecular flexibility index (Phi) is 3.53. The van der Waals surface area contributed by atoms with Crippen molar-refractivity contribution in [2.24, 2.45) is 0 Å². The fraction of sp³-hybridized carbons (Fsp3) is 0.217. The van der Waals surface area contributed by atoms with Gasteiger partial charge in [-0.3, -0.25) is 0 Å². The fourth-order valence-electron chi connectivity index (χ4n) is 3.81. The summed E-state index contributed by atoms with van der Waals surface area (Å²) in [5.74, 6) is 0.956. The fourth-order valence-corrected chi connectivity index (χ4v) is 3.81. The Bertz CT molecular complexity index is 885. The Morgan fingerprint density at radius 3 is 2.57 bits per heavy atom. The topological polar surface area (TPSA) is 0 Å². The first kappa shape index (κ1) is 14.3. The van der Waals surface area contributed by atoms with Gasteiger partial charge in [0.1, 0.15) is 0 Å². The smallest absolute Gasteiger partial charge is 0.0287 e. The third kappa shape index (κ3) is 2.30. The van der Waals surface area contributed by atoms with Gasteiger partial charge in [0.25, 0.3) is 0 Å². The summed E-state index contributed by atoms with van der Waals surface area (Å²) in [7, 11) is 0. The molecule has 0 radical (unpaired) electrons. The Hall–Kier alpha value is -2.34. The number of hydrogen-bond acceptors (Lipinski definition) is 0. The van der Waals surface area contributed by atoms with Crippen molar-refractivity contribution < 1.29 is 0 Å². The van der Waals surface area contributed by atoms with Gasteiger partial charge in [-0.2, -0.15) is 0 Å². The van der Waals surface area contributed by atoms with E-state index < -0.39 is 0 Å². The van der Waals surface area contributed by atoms with Crippen LogP contribution in [0.2, 0.25) is 0 Å². The summed E-state index contributed by atoms with van der Waals surface area (Å²) in [5, 5.41) is 2.74. The molecule has 23 heavy (non-hydrogen) atoms. The Morgan fingerprint density at radius 1 is 0.913 bits per heavy atom. The molecule has 0 amide bonds. The zero-order valence-electron chi connectivity index (χ0n) is 13.8. The average molecular weight is 298 g/mol. The lowest BCUT2D eigenvalue weighted by molar-refractivity contribution is 0.723. The van der Waals surface area contributed by atoms with E-state index in [1.807, 2.05) is 0 Å². The van der Waals surface area contributed by atoms with Gasteiger partial charge in [0.05, 0.1) is 0 Å². The molecule has 1 aliphatic carbocycles. The summed E-state index contributed by atoms with van der Waals surface area (Å²) in [6, 6.07) is 22.2. The predicted molar refractivity (Wildman–Crippen MR) is 100.0 cm³/mol. The molecule has 0 heteroatoms. The highest BCUT2D eigenvalue weighted by Gasteiger charge is 2.24. The first-order chi connectivity index (χ1) is 11.3. The monoisotopic (exact) mass is 298 g/mol. The summed E-state index contributed by atoms with van der Waals surface area (Å²) in [5.41, 5.74) is 5.80. The minimum Gasteiger partial charge on any atom is -0.0720 e. The van der Waals surface area contributed by atoms with Crippen LogP contribution in [0.4, 0.5) is 0 Å². The van der Waals surface area contributed by atoms with Crippen molar-refractivity contribution in [3.8, 4) is 0 Å². The van der Waals surface area contributed by atoms with Crippen LogP contribution < -0.4 is 0 Å². The predicted octanol–water partition coefficient (Wildman–Crippen LogP) is 6.51. The van der Waals surface area contributed by atoms with Crippen LogP contribution in [0.1, 0.15) is 54.4 Å². The summed E-state index contributed by atoms with van der Waals surface area (Å²) in [6.45, 7) is 4.63. The molecule has 2 unspecified atom stereocenters.